The molecule has 0 saturated carbocycles. The van der Waals surface area contributed by atoms with Gasteiger partial charge >= 0.3 is 0 Å². The zero-order chi connectivity index (χ0) is 17.7. The maximum atomic E-state index is 12.8. The molecule has 0 spiro atoms. The zero-order valence-corrected chi connectivity index (χ0v) is 15.9. The van der Waals surface area contributed by atoms with E-state index in [2.05, 4.69) is 39.8 Å². The lowest BCUT2D eigenvalue weighted by Gasteiger charge is -2.24. The molecular formula is C20H24N4OS. The van der Waals surface area contributed by atoms with Crippen molar-refractivity contribution in [3.05, 3.63) is 50.6 Å². The summed E-state index contributed by atoms with van der Waals surface area (Å²) in [6.07, 6.45) is 9.01. The summed E-state index contributed by atoms with van der Waals surface area (Å²) in [7, 11) is 2.11. The molecule has 0 aromatic carbocycles. The Morgan fingerprint density at radius 1 is 1.31 bits per heavy atom. The van der Waals surface area contributed by atoms with Crippen molar-refractivity contribution in [3.63, 3.8) is 0 Å². The number of fused-ring (bicyclic) bond motifs is 3. The van der Waals surface area contributed by atoms with Crippen LogP contribution in [0.25, 0.3) is 10.2 Å². The molecule has 2 aliphatic rings. The first-order chi connectivity index (χ1) is 12.7. The van der Waals surface area contributed by atoms with Crippen molar-refractivity contribution in [3.8, 4) is 0 Å². The number of aromatic nitrogens is 3. The number of hydrogen-bond donors (Lipinski definition) is 1. The fraction of sp³-hybridized carbons (Fsp3) is 0.500. The van der Waals surface area contributed by atoms with E-state index in [0.29, 0.717) is 12.6 Å². The van der Waals surface area contributed by atoms with Gasteiger partial charge in [0, 0.05) is 23.8 Å². The summed E-state index contributed by atoms with van der Waals surface area (Å²) >= 11 is 1.73. The van der Waals surface area contributed by atoms with Gasteiger partial charge in [0.2, 0.25) is 0 Å². The molecule has 1 N–H and O–H groups in total. The Morgan fingerprint density at radius 3 is 3.04 bits per heavy atom. The standard InChI is InChI=1S/C20H24N4OS/c1-23-10-4-7-14(23)15-8-5-11-24(15)12-17-21-19(25)18-13-6-2-3-9-16(13)26-20(18)22-17/h4,7,10,15H,2-3,5-6,8-9,11-12H2,1H3,(H,21,22,25)/t15-/m0/s1. The number of aromatic amines is 1. The summed E-state index contributed by atoms with van der Waals surface area (Å²) in [5.74, 6) is 0.808. The SMILES string of the molecule is Cn1cccc1[C@@H]1CCCN1Cc1nc2sc3c(c2c(=O)[nH]1)CCCC3. The Hall–Kier alpha value is -1.92. The van der Waals surface area contributed by atoms with Gasteiger partial charge in [-0.05, 0) is 62.8 Å². The number of hydrogen-bond acceptors (Lipinski definition) is 4. The van der Waals surface area contributed by atoms with Crippen LogP contribution in [0.3, 0.4) is 0 Å². The third-order valence-electron chi connectivity index (χ3n) is 5.92. The van der Waals surface area contributed by atoms with Crippen LogP contribution < -0.4 is 5.56 Å². The van der Waals surface area contributed by atoms with Gasteiger partial charge in [-0.15, -0.1) is 11.3 Å². The normalized spacial score (nSPS) is 20.7. The quantitative estimate of drug-likeness (QED) is 0.769. The molecule has 1 fully saturated rings. The fourth-order valence-corrected chi connectivity index (χ4v) is 5.93. The second kappa shape index (κ2) is 6.35. The first kappa shape index (κ1) is 16.3. The predicted octanol–water partition coefficient (Wildman–Crippen LogP) is 3.54. The van der Waals surface area contributed by atoms with E-state index in [-0.39, 0.29) is 5.56 Å². The highest BCUT2D eigenvalue weighted by Crippen LogP contribution is 2.35. The third kappa shape index (κ3) is 2.63. The molecule has 3 aromatic rings. The molecule has 5 nitrogen and oxygen atoms in total. The fourth-order valence-electron chi connectivity index (χ4n) is 4.65. The smallest absolute Gasteiger partial charge is 0.259 e. The van der Waals surface area contributed by atoms with Crippen LogP contribution >= 0.6 is 11.3 Å². The summed E-state index contributed by atoms with van der Waals surface area (Å²) in [6.45, 7) is 1.77. The summed E-state index contributed by atoms with van der Waals surface area (Å²) in [5.41, 5.74) is 2.66. The Kier molecular flexibility index (Phi) is 3.98. The summed E-state index contributed by atoms with van der Waals surface area (Å²) < 4.78 is 2.20. The van der Waals surface area contributed by atoms with E-state index >= 15 is 0 Å². The third-order valence-corrected chi connectivity index (χ3v) is 7.10. The van der Waals surface area contributed by atoms with Gasteiger partial charge < -0.3 is 9.55 Å². The number of rotatable bonds is 3. The highest BCUT2D eigenvalue weighted by atomic mass is 32.1. The average Bonchev–Trinajstić information content (AvgIpc) is 3.32. The van der Waals surface area contributed by atoms with Crippen LogP contribution in [0, 0.1) is 0 Å². The van der Waals surface area contributed by atoms with Crippen LogP contribution in [0.2, 0.25) is 0 Å². The largest absolute Gasteiger partial charge is 0.353 e. The molecule has 6 heteroatoms. The van der Waals surface area contributed by atoms with E-state index in [1.165, 1.54) is 35.4 Å². The summed E-state index contributed by atoms with van der Waals surface area (Å²) in [6, 6.07) is 4.72. The van der Waals surface area contributed by atoms with Crippen LogP contribution in [-0.4, -0.2) is 26.0 Å². The molecule has 1 saturated heterocycles. The number of aryl methyl sites for hydroxylation is 3. The van der Waals surface area contributed by atoms with Crippen LogP contribution in [0.15, 0.2) is 23.1 Å². The van der Waals surface area contributed by atoms with E-state index < -0.39 is 0 Å². The molecular weight excluding hydrogens is 344 g/mol. The molecule has 26 heavy (non-hydrogen) atoms. The zero-order valence-electron chi connectivity index (χ0n) is 15.1. The van der Waals surface area contributed by atoms with Crippen molar-refractivity contribution in [1.82, 2.24) is 19.4 Å². The monoisotopic (exact) mass is 368 g/mol. The second-order valence-corrected chi connectivity index (χ2v) is 8.66. The van der Waals surface area contributed by atoms with Crippen LogP contribution in [0.5, 0.6) is 0 Å². The molecule has 5 rings (SSSR count). The number of nitrogens with zero attached hydrogens (tertiary/aromatic N) is 3. The van der Waals surface area contributed by atoms with Gasteiger partial charge in [-0.3, -0.25) is 9.69 Å². The molecule has 136 valence electrons. The van der Waals surface area contributed by atoms with Crippen molar-refractivity contribution in [2.24, 2.45) is 7.05 Å². The first-order valence-corrected chi connectivity index (χ1v) is 10.4. The molecule has 4 heterocycles. The lowest BCUT2D eigenvalue weighted by Crippen LogP contribution is -2.26. The molecule has 0 amide bonds. The molecule has 1 atom stereocenters. The molecule has 1 aliphatic carbocycles. The summed E-state index contributed by atoms with van der Waals surface area (Å²) in [4.78, 5) is 25.5. The van der Waals surface area contributed by atoms with Crippen LogP contribution in [-0.2, 0) is 26.4 Å². The van der Waals surface area contributed by atoms with Crippen molar-refractivity contribution in [2.75, 3.05) is 6.54 Å². The topological polar surface area (TPSA) is 53.9 Å². The molecule has 0 unspecified atom stereocenters. The van der Waals surface area contributed by atoms with Gasteiger partial charge in [0.15, 0.2) is 0 Å². The number of likely N-dealkylation sites (tertiary alicyclic amines) is 1. The van der Waals surface area contributed by atoms with E-state index in [1.54, 1.807) is 11.3 Å². The second-order valence-electron chi connectivity index (χ2n) is 7.58. The maximum absolute atomic E-state index is 12.8. The number of thiophene rings is 1. The van der Waals surface area contributed by atoms with E-state index in [1.807, 2.05) is 0 Å². The van der Waals surface area contributed by atoms with E-state index in [4.69, 9.17) is 4.98 Å². The van der Waals surface area contributed by atoms with E-state index in [0.717, 1.165) is 41.8 Å². The van der Waals surface area contributed by atoms with Gasteiger partial charge in [0.1, 0.15) is 10.7 Å². The predicted molar refractivity (Wildman–Crippen MR) is 105 cm³/mol. The Labute approximate surface area is 156 Å². The Balaban J connectivity index is 1.48. The lowest BCUT2D eigenvalue weighted by molar-refractivity contribution is 0.235. The molecule has 1 aliphatic heterocycles. The minimum Gasteiger partial charge on any atom is -0.353 e. The highest BCUT2D eigenvalue weighted by molar-refractivity contribution is 7.18. The minimum absolute atomic E-state index is 0.0546. The van der Waals surface area contributed by atoms with E-state index in [9.17, 15) is 4.79 Å². The van der Waals surface area contributed by atoms with Gasteiger partial charge in [-0.2, -0.15) is 0 Å². The molecule has 0 radical (unpaired) electrons. The van der Waals surface area contributed by atoms with Gasteiger partial charge in [-0.1, -0.05) is 0 Å². The summed E-state index contributed by atoms with van der Waals surface area (Å²) in [5, 5.41) is 0.855. The van der Waals surface area contributed by atoms with Crippen molar-refractivity contribution in [2.45, 2.75) is 51.1 Å². The van der Waals surface area contributed by atoms with Crippen molar-refractivity contribution in [1.29, 1.82) is 0 Å². The average molecular weight is 369 g/mol. The van der Waals surface area contributed by atoms with Gasteiger partial charge in [0.05, 0.1) is 18.0 Å². The molecule has 3 aromatic heterocycles. The number of nitrogens with one attached hydrogen (secondary N) is 1. The number of H-pyrrole nitrogens is 1. The minimum atomic E-state index is 0.0546. The van der Waals surface area contributed by atoms with Crippen molar-refractivity contribution < 1.29 is 0 Å². The van der Waals surface area contributed by atoms with Gasteiger partial charge in [-0.25, -0.2) is 4.98 Å². The molecule has 0 bridgehead atoms. The Bertz CT molecular complexity index is 1010. The van der Waals surface area contributed by atoms with Crippen LogP contribution in [0.1, 0.15) is 53.7 Å². The lowest BCUT2D eigenvalue weighted by atomic mass is 9.97. The highest BCUT2D eigenvalue weighted by Gasteiger charge is 2.28. The first-order valence-electron chi connectivity index (χ1n) is 9.59. The van der Waals surface area contributed by atoms with Crippen LogP contribution in [0.4, 0.5) is 0 Å². The van der Waals surface area contributed by atoms with Gasteiger partial charge in [0.25, 0.3) is 5.56 Å². The maximum Gasteiger partial charge on any atom is 0.259 e. The van der Waals surface area contributed by atoms with Crippen molar-refractivity contribution >= 4 is 21.6 Å². The Morgan fingerprint density at radius 2 is 2.19 bits per heavy atom.